The summed E-state index contributed by atoms with van der Waals surface area (Å²) in [6, 6.07) is 12.5. The Hall–Kier alpha value is -1.85. The van der Waals surface area contributed by atoms with Crippen LogP contribution >= 0.6 is 11.3 Å². The molecule has 2 amide bonds. The topological polar surface area (TPSA) is 41.6 Å². The Morgan fingerprint density at radius 1 is 1.29 bits per heavy atom. The van der Waals surface area contributed by atoms with Gasteiger partial charge in [-0.2, -0.15) is 0 Å². The van der Waals surface area contributed by atoms with Crippen LogP contribution in [-0.2, 0) is 11.2 Å². The Morgan fingerprint density at radius 2 is 2.17 bits per heavy atom. The van der Waals surface area contributed by atoms with E-state index in [2.05, 4.69) is 28.9 Å². The van der Waals surface area contributed by atoms with E-state index in [9.17, 15) is 4.79 Å². The van der Waals surface area contributed by atoms with Gasteiger partial charge in [-0.25, -0.2) is 4.79 Å². The average molecular weight is 342 g/mol. The molecule has 1 fully saturated rings. The van der Waals surface area contributed by atoms with Gasteiger partial charge in [0, 0.05) is 24.6 Å². The first kappa shape index (κ1) is 15.7. The molecule has 4 nitrogen and oxygen atoms in total. The van der Waals surface area contributed by atoms with Crippen molar-refractivity contribution >= 4 is 17.4 Å². The summed E-state index contributed by atoms with van der Waals surface area (Å²) in [5, 5.41) is 5.22. The third kappa shape index (κ3) is 3.06. The van der Waals surface area contributed by atoms with Gasteiger partial charge >= 0.3 is 6.03 Å². The highest BCUT2D eigenvalue weighted by molar-refractivity contribution is 7.10. The van der Waals surface area contributed by atoms with E-state index in [0.717, 1.165) is 32.4 Å². The van der Waals surface area contributed by atoms with Crippen LogP contribution in [-0.4, -0.2) is 36.7 Å². The summed E-state index contributed by atoms with van der Waals surface area (Å²) in [6.45, 7) is 2.17. The third-order valence-electron chi connectivity index (χ3n) is 4.85. The lowest BCUT2D eigenvalue weighted by atomic mass is 9.93. The summed E-state index contributed by atoms with van der Waals surface area (Å²) < 4.78 is 5.61. The molecule has 0 radical (unpaired) electrons. The maximum absolute atomic E-state index is 12.8. The Kier molecular flexibility index (Phi) is 4.54. The van der Waals surface area contributed by atoms with Gasteiger partial charge in [-0.15, -0.1) is 11.3 Å². The summed E-state index contributed by atoms with van der Waals surface area (Å²) in [4.78, 5) is 16.2. The van der Waals surface area contributed by atoms with Crippen LogP contribution in [0.15, 0.2) is 41.8 Å². The van der Waals surface area contributed by atoms with Gasteiger partial charge in [-0.1, -0.05) is 30.3 Å². The molecule has 0 spiro atoms. The smallest absolute Gasteiger partial charge is 0.318 e. The van der Waals surface area contributed by atoms with Crippen molar-refractivity contribution in [3.63, 3.8) is 0 Å². The van der Waals surface area contributed by atoms with Gasteiger partial charge in [-0.05, 0) is 41.8 Å². The van der Waals surface area contributed by atoms with Crippen LogP contribution in [0, 0.1) is 0 Å². The zero-order valence-electron chi connectivity index (χ0n) is 13.6. The first-order valence-electron chi connectivity index (χ1n) is 8.60. The Bertz CT molecular complexity index is 694. The molecule has 3 heterocycles. The second kappa shape index (κ2) is 6.95. The lowest BCUT2D eigenvalue weighted by Crippen LogP contribution is -2.47. The first-order chi connectivity index (χ1) is 11.8. The van der Waals surface area contributed by atoms with Crippen LogP contribution in [0.25, 0.3) is 0 Å². The first-order valence-corrected chi connectivity index (χ1v) is 9.48. The number of urea groups is 1. The fourth-order valence-electron chi connectivity index (χ4n) is 3.64. The predicted molar refractivity (Wildman–Crippen MR) is 95.4 cm³/mol. The summed E-state index contributed by atoms with van der Waals surface area (Å²) >= 11 is 1.79. The van der Waals surface area contributed by atoms with Crippen molar-refractivity contribution < 1.29 is 9.53 Å². The maximum Gasteiger partial charge on any atom is 0.318 e. The number of thiophene rings is 1. The molecule has 1 aromatic carbocycles. The van der Waals surface area contributed by atoms with E-state index in [1.54, 1.807) is 11.3 Å². The van der Waals surface area contributed by atoms with Crippen molar-refractivity contribution in [1.29, 1.82) is 0 Å². The molecule has 5 heteroatoms. The fraction of sp³-hybridized carbons (Fsp3) is 0.421. The second-order valence-electron chi connectivity index (χ2n) is 6.38. The molecular weight excluding hydrogens is 320 g/mol. The largest absolute Gasteiger partial charge is 0.376 e. The molecule has 24 heavy (non-hydrogen) atoms. The summed E-state index contributed by atoms with van der Waals surface area (Å²) in [5.41, 5.74) is 2.44. The minimum absolute atomic E-state index is 0.00527. The quantitative estimate of drug-likeness (QED) is 0.926. The van der Waals surface area contributed by atoms with Crippen molar-refractivity contribution in [3.05, 3.63) is 57.8 Å². The second-order valence-corrected chi connectivity index (χ2v) is 7.38. The number of amides is 2. The number of hydrogen-bond donors (Lipinski definition) is 1. The number of fused-ring (bicyclic) bond motifs is 1. The lowest BCUT2D eigenvalue weighted by molar-refractivity contribution is 0.107. The maximum atomic E-state index is 12.8. The molecule has 0 bridgehead atoms. The van der Waals surface area contributed by atoms with Gasteiger partial charge < -0.3 is 15.0 Å². The van der Waals surface area contributed by atoms with E-state index in [4.69, 9.17) is 4.74 Å². The van der Waals surface area contributed by atoms with Crippen LogP contribution < -0.4 is 5.32 Å². The fourth-order valence-corrected chi connectivity index (χ4v) is 4.54. The van der Waals surface area contributed by atoms with Crippen molar-refractivity contribution in [1.82, 2.24) is 10.2 Å². The summed E-state index contributed by atoms with van der Waals surface area (Å²) in [7, 11) is 0. The van der Waals surface area contributed by atoms with Crippen LogP contribution in [0.1, 0.15) is 34.9 Å². The average Bonchev–Trinajstić information content (AvgIpc) is 3.30. The zero-order valence-corrected chi connectivity index (χ0v) is 14.4. The van der Waals surface area contributed by atoms with Crippen molar-refractivity contribution in [3.8, 4) is 0 Å². The molecule has 1 N–H and O–H groups in total. The highest BCUT2D eigenvalue weighted by Gasteiger charge is 2.33. The molecule has 2 aliphatic heterocycles. The van der Waals surface area contributed by atoms with E-state index in [1.165, 1.54) is 16.0 Å². The van der Waals surface area contributed by atoms with Crippen molar-refractivity contribution in [2.75, 3.05) is 19.7 Å². The number of rotatable bonds is 3. The van der Waals surface area contributed by atoms with Crippen LogP contribution in [0.4, 0.5) is 4.79 Å². The number of benzene rings is 1. The van der Waals surface area contributed by atoms with E-state index in [-0.39, 0.29) is 18.2 Å². The molecular formula is C19H22N2O2S. The predicted octanol–water partition coefficient (Wildman–Crippen LogP) is 3.58. The van der Waals surface area contributed by atoms with Gasteiger partial charge in [-0.3, -0.25) is 0 Å². The third-order valence-corrected chi connectivity index (χ3v) is 5.84. The Morgan fingerprint density at radius 3 is 2.96 bits per heavy atom. The molecule has 1 aromatic heterocycles. The van der Waals surface area contributed by atoms with Crippen LogP contribution in [0.3, 0.4) is 0 Å². The normalized spacial score (nSPS) is 23.1. The van der Waals surface area contributed by atoms with Crippen molar-refractivity contribution in [2.24, 2.45) is 0 Å². The van der Waals surface area contributed by atoms with Gasteiger partial charge in [0.05, 0.1) is 12.1 Å². The SMILES string of the molecule is O=C(NC[C@H]1CCCO1)N1CCc2sccc2[C@H]1c1ccccc1. The summed E-state index contributed by atoms with van der Waals surface area (Å²) in [6.07, 6.45) is 3.24. The van der Waals surface area contributed by atoms with Gasteiger partial charge in [0.25, 0.3) is 0 Å². The highest BCUT2D eigenvalue weighted by atomic mass is 32.1. The number of carbonyl (C=O) groups is 1. The van der Waals surface area contributed by atoms with Crippen LogP contribution in [0.2, 0.25) is 0 Å². The van der Waals surface area contributed by atoms with E-state index in [0.29, 0.717) is 6.54 Å². The molecule has 0 unspecified atom stereocenters. The van der Waals surface area contributed by atoms with Crippen LogP contribution in [0.5, 0.6) is 0 Å². The lowest BCUT2D eigenvalue weighted by Gasteiger charge is -2.36. The minimum Gasteiger partial charge on any atom is -0.376 e. The minimum atomic E-state index is 0.00527. The van der Waals surface area contributed by atoms with Crippen molar-refractivity contribution in [2.45, 2.75) is 31.4 Å². The Balaban J connectivity index is 1.55. The molecule has 2 aliphatic rings. The van der Waals surface area contributed by atoms with E-state index < -0.39 is 0 Å². The van der Waals surface area contributed by atoms with Gasteiger partial charge in [0.15, 0.2) is 0 Å². The summed E-state index contributed by atoms with van der Waals surface area (Å²) in [5.74, 6) is 0. The molecule has 4 rings (SSSR count). The van der Waals surface area contributed by atoms with Gasteiger partial charge in [0.2, 0.25) is 0 Å². The Labute approximate surface area is 146 Å². The number of nitrogens with zero attached hydrogens (tertiary/aromatic N) is 1. The zero-order chi connectivity index (χ0) is 16.4. The standard InChI is InChI=1S/C19H22N2O2S/c22-19(20-13-15-7-4-11-23-15)21-10-8-17-16(9-12-24-17)18(21)14-5-2-1-3-6-14/h1-3,5-6,9,12,15,18H,4,7-8,10-11,13H2,(H,20,22)/t15-,18-/m1/s1. The number of nitrogens with one attached hydrogen (secondary N) is 1. The molecule has 126 valence electrons. The number of carbonyl (C=O) groups excluding carboxylic acids is 1. The monoisotopic (exact) mass is 342 g/mol. The van der Waals surface area contributed by atoms with E-state index >= 15 is 0 Å². The van der Waals surface area contributed by atoms with Gasteiger partial charge in [0.1, 0.15) is 0 Å². The molecule has 2 atom stereocenters. The molecule has 1 saturated heterocycles. The number of hydrogen-bond acceptors (Lipinski definition) is 3. The highest BCUT2D eigenvalue weighted by Crippen LogP contribution is 2.37. The molecule has 0 aliphatic carbocycles. The number of ether oxygens (including phenoxy) is 1. The molecule has 0 saturated carbocycles. The molecule has 2 aromatic rings. The van der Waals surface area contributed by atoms with E-state index in [1.807, 2.05) is 23.1 Å².